The molecule has 6 heteroatoms. The number of carbonyl (C=O) groups excluding carboxylic acids is 1. The molecular formula is C15H17BrN4O. The minimum Gasteiger partial charge on any atom is -0.350 e. The maximum absolute atomic E-state index is 12.1. The van der Waals surface area contributed by atoms with Gasteiger partial charge in [-0.25, -0.2) is 9.97 Å². The van der Waals surface area contributed by atoms with E-state index in [1.807, 2.05) is 45.0 Å². The molecule has 5 nitrogen and oxygen atoms in total. The van der Waals surface area contributed by atoms with Gasteiger partial charge < -0.3 is 10.6 Å². The first-order chi connectivity index (χ1) is 9.83. The number of anilines is 2. The molecule has 0 saturated heterocycles. The van der Waals surface area contributed by atoms with Gasteiger partial charge in [0.2, 0.25) is 5.95 Å². The van der Waals surface area contributed by atoms with Crippen molar-refractivity contribution in [1.82, 2.24) is 9.97 Å². The summed E-state index contributed by atoms with van der Waals surface area (Å²) in [4.78, 5) is 20.4. The lowest BCUT2D eigenvalue weighted by Gasteiger charge is -2.20. The summed E-state index contributed by atoms with van der Waals surface area (Å²) in [5, 5.41) is 5.94. The van der Waals surface area contributed by atoms with E-state index in [1.54, 1.807) is 0 Å². The molecule has 0 unspecified atom stereocenters. The van der Waals surface area contributed by atoms with E-state index in [0.717, 1.165) is 4.47 Å². The minimum absolute atomic E-state index is 0.125. The van der Waals surface area contributed by atoms with Gasteiger partial charge in [0.15, 0.2) is 0 Å². The van der Waals surface area contributed by atoms with Crippen molar-refractivity contribution in [1.29, 1.82) is 0 Å². The molecule has 2 N–H and O–H groups in total. The Hall–Kier alpha value is -1.95. The number of halogens is 1. The van der Waals surface area contributed by atoms with Gasteiger partial charge in [0.1, 0.15) is 0 Å². The summed E-state index contributed by atoms with van der Waals surface area (Å²) in [7, 11) is 0. The van der Waals surface area contributed by atoms with Crippen LogP contribution in [0.3, 0.4) is 0 Å². The van der Waals surface area contributed by atoms with Crippen molar-refractivity contribution >= 4 is 33.5 Å². The van der Waals surface area contributed by atoms with Crippen molar-refractivity contribution < 1.29 is 4.79 Å². The standard InChI is InChI=1S/C15H17BrN4O/c1-15(2,3)20-14-17-8-10(9-18-14)13(21)19-12-6-4-5-11(16)7-12/h4-9H,1-3H3,(H,19,21)(H,17,18,20). The molecule has 0 bridgehead atoms. The van der Waals surface area contributed by atoms with E-state index in [-0.39, 0.29) is 11.4 Å². The molecular weight excluding hydrogens is 332 g/mol. The first kappa shape index (κ1) is 15.4. The second-order valence-electron chi connectivity index (χ2n) is 5.63. The van der Waals surface area contributed by atoms with Gasteiger partial charge in [0.05, 0.1) is 5.56 Å². The summed E-state index contributed by atoms with van der Waals surface area (Å²) in [6.45, 7) is 6.05. The fourth-order valence-corrected chi connectivity index (χ4v) is 2.01. The van der Waals surface area contributed by atoms with Crippen molar-refractivity contribution in [3.05, 3.63) is 46.7 Å². The molecule has 2 rings (SSSR count). The van der Waals surface area contributed by atoms with Crippen molar-refractivity contribution in [2.75, 3.05) is 10.6 Å². The minimum atomic E-state index is -0.240. The normalized spacial score (nSPS) is 11.0. The van der Waals surface area contributed by atoms with Crippen LogP contribution in [0.25, 0.3) is 0 Å². The smallest absolute Gasteiger partial charge is 0.258 e. The zero-order valence-electron chi connectivity index (χ0n) is 12.1. The maximum Gasteiger partial charge on any atom is 0.258 e. The molecule has 0 saturated carbocycles. The predicted molar refractivity (Wildman–Crippen MR) is 87.5 cm³/mol. The molecule has 0 aliphatic heterocycles. The predicted octanol–water partition coefficient (Wildman–Crippen LogP) is 3.70. The Morgan fingerprint density at radius 1 is 1.19 bits per heavy atom. The summed E-state index contributed by atoms with van der Waals surface area (Å²) < 4.78 is 0.904. The van der Waals surface area contributed by atoms with E-state index >= 15 is 0 Å². The summed E-state index contributed by atoms with van der Waals surface area (Å²) in [6.07, 6.45) is 3.02. The van der Waals surface area contributed by atoms with Gasteiger partial charge in [-0.1, -0.05) is 22.0 Å². The molecule has 2 aromatic rings. The average Bonchev–Trinajstić information content (AvgIpc) is 2.37. The van der Waals surface area contributed by atoms with Crippen LogP contribution in [0.5, 0.6) is 0 Å². The number of rotatable bonds is 3. The number of amides is 1. The Kier molecular flexibility index (Phi) is 4.57. The second kappa shape index (κ2) is 6.22. The number of benzene rings is 1. The monoisotopic (exact) mass is 348 g/mol. The highest BCUT2D eigenvalue weighted by Crippen LogP contribution is 2.16. The molecule has 0 radical (unpaired) electrons. The number of hydrogen-bond donors (Lipinski definition) is 2. The van der Waals surface area contributed by atoms with Crippen LogP contribution in [-0.4, -0.2) is 21.4 Å². The summed E-state index contributed by atoms with van der Waals surface area (Å²) in [5.41, 5.74) is 1.00. The highest BCUT2D eigenvalue weighted by molar-refractivity contribution is 9.10. The molecule has 1 heterocycles. The number of nitrogens with one attached hydrogen (secondary N) is 2. The number of carbonyl (C=O) groups is 1. The molecule has 0 aliphatic carbocycles. The maximum atomic E-state index is 12.1. The van der Waals surface area contributed by atoms with E-state index in [2.05, 4.69) is 36.5 Å². The molecule has 1 amide bonds. The molecule has 1 aromatic carbocycles. The Bertz CT molecular complexity index is 635. The first-order valence-corrected chi connectivity index (χ1v) is 7.30. The Morgan fingerprint density at radius 2 is 1.86 bits per heavy atom. The third-order valence-electron chi connectivity index (χ3n) is 2.48. The van der Waals surface area contributed by atoms with Gasteiger partial charge in [-0.3, -0.25) is 4.79 Å². The fourth-order valence-electron chi connectivity index (χ4n) is 1.61. The van der Waals surface area contributed by atoms with Crippen LogP contribution in [0.2, 0.25) is 0 Å². The van der Waals surface area contributed by atoms with Gasteiger partial charge in [-0.2, -0.15) is 0 Å². The Balaban J connectivity index is 2.06. The van der Waals surface area contributed by atoms with Crippen LogP contribution in [0, 0.1) is 0 Å². The van der Waals surface area contributed by atoms with Crippen molar-refractivity contribution in [2.24, 2.45) is 0 Å². The van der Waals surface area contributed by atoms with Crippen LogP contribution in [0.4, 0.5) is 11.6 Å². The van der Waals surface area contributed by atoms with Crippen LogP contribution < -0.4 is 10.6 Å². The van der Waals surface area contributed by atoms with E-state index in [9.17, 15) is 4.79 Å². The number of nitrogens with zero attached hydrogens (tertiary/aromatic N) is 2. The number of hydrogen-bond acceptors (Lipinski definition) is 4. The quantitative estimate of drug-likeness (QED) is 0.887. The van der Waals surface area contributed by atoms with Gasteiger partial charge in [-0.15, -0.1) is 0 Å². The zero-order valence-corrected chi connectivity index (χ0v) is 13.7. The molecule has 0 aliphatic rings. The molecule has 0 fully saturated rings. The highest BCUT2D eigenvalue weighted by Gasteiger charge is 2.12. The van der Waals surface area contributed by atoms with Crippen molar-refractivity contribution in [3.8, 4) is 0 Å². The number of aromatic nitrogens is 2. The van der Waals surface area contributed by atoms with Crippen LogP contribution >= 0.6 is 15.9 Å². The zero-order chi connectivity index (χ0) is 15.5. The van der Waals surface area contributed by atoms with E-state index in [0.29, 0.717) is 17.2 Å². The Morgan fingerprint density at radius 3 is 2.43 bits per heavy atom. The second-order valence-corrected chi connectivity index (χ2v) is 6.55. The summed E-state index contributed by atoms with van der Waals surface area (Å²) in [6, 6.07) is 7.39. The summed E-state index contributed by atoms with van der Waals surface area (Å²) >= 11 is 3.36. The lowest BCUT2D eigenvalue weighted by molar-refractivity contribution is 0.102. The van der Waals surface area contributed by atoms with Crippen LogP contribution in [0.15, 0.2) is 41.1 Å². The topological polar surface area (TPSA) is 66.9 Å². The van der Waals surface area contributed by atoms with E-state index < -0.39 is 0 Å². The van der Waals surface area contributed by atoms with Crippen molar-refractivity contribution in [3.63, 3.8) is 0 Å². The van der Waals surface area contributed by atoms with E-state index in [4.69, 9.17) is 0 Å². The highest BCUT2D eigenvalue weighted by atomic mass is 79.9. The molecule has 110 valence electrons. The molecule has 1 aromatic heterocycles. The lowest BCUT2D eigenvalue weighted by Crippen LogP contribution is -2.27. The van der Waals surface area contributed by atoms with Gasteiger partial charge in [0.25, 0.3) is 5.91 Å². The van der Waals surface area contributed by atoms with Crippen molar-refractivity contribution in [2.45, 2.75) is 26.3 Å². The largest absolute Gasteiger partial charge is 0.350 e. The third-order valence-corrected chi connectivity index (χ3v) is 2.98. The first-order valence-electron chi connectivity index (χ1n) is 6.51. The van der Waals surface area contributed by atoms with Gasteiger partial charge in [0, 0.05) is 28.1 Å². The van der Waals surface area contributed by atoms with Gasteiger partial charge in [-0.05, 0) is 39.0 Å². The average molecular weight is 349 g/mol. The molecule has 0 atom stereocenters. The molecule has 0 spiro atoms. The SMILES string of the molecule is CC(C)(C)Nc1ncc(C(=O)Nc2cccc(Br)c2)cn1. The van der Waals surface area contributed by atoms with Crippen LogP contribution in [0.1, 0.15) is 31.1 Å². The lowest BCUT2D eigenvalue weighted by atomic mass is 10.1. The third kappa shape index (κ3) is 4.82. The van der Waals surface area contributed by atoms with Crippen LogP contribution in [-0.2, 0) is 0 Å². The summed E-state index contributed by atoms with van der Waals surface area (Å²) in [5.74, 6) is 0.261. The van der Waals surface area contributed by atoms with Gasteiger partial charge >= 0.3 is 0 Å². The van der Waals surface area contributed by atoms with E-state index in [1.165, 1.54) is 12.4 Å². The molecule has 21 heavy (non-hydrogen) atoms. The fraction of sp³-hybridized carbons (Fsp3) is 0.267. The Labute approximate surface area is 132 Å².